The Morgan fingerprint density at radius 3 is 2.68 bits per heavy atom. The molecule has 2 rings (SSSR count). The van der Waals surface area contributed by atoms with Gasteiger partial charge in [-0.2, -0.15) is 0 Å². The number of rotatable bonds is 4. The van der Waals surface area contributed by atoms with Crippen LogP contribution in [0.5, 0.6) is 5.75 Å². The molecule has 8 heteroatoms. The van der Waals surface area contributed by atoms with Crippen molar-refractivity contribution in [2.45, 2.75) is 13.3 Å². The van der Waals surface area contributed by atoms with Crippen LogP contribution in [0.3, 0.4) is 0 Å². The molecule has 0 heterocycles. The lowest BCUT2D eigenvalue weighted by Gasteiger charge is -2.08. The number of anilines is 1. The van der Waals surface area contributed by atoms with Crippen LogP contribution in [0.25, 0.3) is 0 Å². The smallest absolute Gasteiger partial charge is 0.225 e. The molecule has 0 radical (unpaired) electrons. The predicted octanol–water partition coefficient (Wildman–Crippen LogP) is 4.78. The average molecular weight is 441 g/mol. The molecule has 3 N–H and O–H groups in total. The number of amides is 1. The van der Waals surface area contributed by atoms with Gasteiger partial charge in [0.25, 0.3) is 0 Å². The summed E-state index contributed by atoms with van der Waals surface area (Å²) in [6.45, 7) is 1.75. The summed E-state index contributed by atoms with van der Waals surface area (Å²) in [5, 5.41) is 16.2. The van der Waals surface area contributed by atoms with Crippen molar-refractivity contribution in [2.24, 2.45) is 4.99 Å². The third-order valence-electron chi connectivity index (χ3n) is 3.11. The summed E-state index contributed by atoms with van der Waals surface area (Å²) < 4.78 is 0.503. The highest BCUT2D eigenvalue weighted by Gasteiger charge is 2.06. The van der Waals surface area contributed by atoms with Crippen LogP contribution in [0.4, 0.5) is 11.4 Å². The van der Waals surface area contributed by atoms with E-state index in [1.165, 1.54) is 6.21 Å². The fourth-order valence-electron chi connectivity index (χ4n) is 1.84. The Balaban J connectivity index is 2.05. The number of halogens is 2. The molecule has 25 heavy (non-hydrogen) atoms. The molecule has 0 unspecified atom stereocenters. The molecule has 0 aliphatic carbocycles. The van der Waals surface area contributed by atoms with Crippen LogP contribution in [0, 0.1) is 0 Å². The number of benzene rings is 2. The van der Waals surface area contributed by atoms with E-state index in [2.05, 4.69) is 31.6 Å². The van der Waals surface area contributed by atoms with Crippen LogP contribution < -0.4 is 10.6 Å². The van der Waals surface area contributed by atoms with Crippen LogP contribution in [0.2, 0.25) is 5.02 Å². The predicted molar refractivity (Wildman–Crippen MR) is 109 cm³/mol. The molecule has 0 fully saturated rings. The molecule has 2 aromatic rings. The summed E-state index contributed by atoms with van der Waals surface area (Å²) in [6, 6.07) is 10.3. The van der Waals surface area contributed by atoms with Gasteiger partial charge in [0.2, 0.25) is 5.91 Å². The van der Waals surface area contributed by atoms with E-state index in [0.717, 1.165) is 5.69 Å². The largest absolute Gasteiger partial charge is 0.506 e. The van der Waals surface area contributed by atoms with Gasteiger partial charge >= 0.3 is 0 Å². The molecular weight excluding hydrogens is 426 g/mol. The molecule has 0 saturated carbocycles. The molecule has 0 aromatic heterocycles. The molecule has 0 atom stereocenters. The van der Waals surface area contributed by atoms with Gasteiger partial charge < -0.3 is 15.7 Å². The zero-order valence-electron chi connectivity index (χ0n) is 13.2. The first-order valence-corrected chi connectivity index (χ1v) is 8.90. The lowest BCUT2D eigenvalue weighted by molar-refractivity contribution is -0.119. The lowest BCUT2D eigenvalue weighted by atomic mass is 10.2. The number of carbonyl (C=O) groups excluding carboxylic acids is 1. The quantitative estimate of drug-likeness (QED) is 0.472. The zero-order valence-corrected chi connectivity index (χ0v) is 16.4. The van der Waals surface area contributed by atoms with E-state index < -0.39 is 0 Å². The third kappa shape index (κ3) is 5.81. The molecule has 1 amide bonds. The summed E-state index contributed by atoms with van der Waals surface area (Å²) in [5.41, 5.74) is 1.92. The number of aliphatic imine (C=N–C) groups is 1. The third-order valence-corrected chi connectivity index (χ3v) is 4.14. The van der Waals surface area contributed by atoms with E-state index in [1.807, 2.05) is 0 Å². The summed E-state index contributed by atoms with van der Waals surface area (Å²) in [4.78, 5) is 15.6. The van der Waals surface area contributed by atoms with Gasteiger partial charge in [0.1, 0.15) is 5.75 Å². The molecule has 5 nitrogen and oxygen atoms in total. The monoisotopic (exact) mass is 439 g/mol. The Labute approximate surface area is 164 Å². The van der Waals surface area contributed by atoms with E-state index >= 15 is 0 Å². The number of carbonyl (C=O) groups is 1. The van der Waals surface area contributed by atoms with Crippen molar-refractivity contribution in [3.8, 4) is 5.75 Å². The second kappa shape index (κ2) is 8.94. The van der Waals surface area contributed by atoms with E-state index in [-0.39, 0.29) is 16.8 Å². The van der Waals surface area contributed by atoms with Crippen molar-refractivity contribution in [3.05, 3.63) is 51.5 Å². The molecule has 0 aliphatic rings. The minimum absolute atomic E-state index is 0.0726. The topological polar surface area (TPSA) is 73.7 Å². The van der Waals surface area contributed by atoms with Crippen LogP contribution in [-0.2, 0) is 4.79 Å². The van der Waals surface area contributed by atoms with E-state index in [9.17, 15) is 9.90 Å². The van der Waals surface area contributed by atoms with Crippen molar-refractivity contribution in [1.82, 2.24) is 5.32 Å². The first-order chi connectivity index (χ1) is 11.9. The number of hydrogen-bond donors (Lipinski definition) is 3. The summed E-state index contributed by atoms with van der Waals surface area (Å²) in [6.07, 6.45) is 1.89. The van der Waals surface area contributed by atoms with Crippen LogP contribution in [0.1, 0.15) is 18.9 Å². The fraction of sp³-hybridized carbons (Fsp3) is 0.118. The van der Waals surface area contributed by atoms with Crippen LogP contribution in [0.15, 0.2) is 45.9 Å². The van der Waals surface area contributed by atoms with E-state index in [1.54, 1.807) is 43.3 Å². The minimum atomic E-state index is -0.147. The van der Waals surface area contributed by atoms with E-state index in [4.69, 9.17) is 23.8 Å². The second-order valence-corrected chi connectivity index (χ2v) is 6.69. The molecule has 0 spiro atoms. The van der Waals surface area contributed by atoms with Crippen molar-refractivity contribution >= 4 is 68.4 Å². The Morgan fingerprint density at radius 2 is 2.04 bits per heavy atom. The minimum Gasteiger partial charge on any atom is -0.506 e. The number of aromatic hydroxyl groups is 1. The Kier molecular flexibility index (Phi) is 6.92. The fourth-order valence-corrected chi connectivity index (χ4v) is 2.90. The number of hydrogen-bond acceptors (Lipinski definition) is 4. The molecule has 130 valence electrons. The molecule has 0 bridgehead atoms. The number of thiocarbonyl (C=S) groups is 1. The van der Waals surface area contributed by atoms with E-state index in [0.29, 0.717) is 27.2 Å². The van der Waals surface area contributed by atoms with Crippen molar-refractivity contribution in [1.29, 1.82) is 0 Å². The number of phenols is 1. The number of nitrogens with one attached hydrogen (secondary N) is 2. The van der Waals surface area contributed by atoms with Crippen molar-refractivity contribution in [3.63, 3.8) is 0 Å². The maximum atomic E-state index is 11.3. The van der Waals surface area contributed by atoms with Gasteiger partial charge in [0.15, 0.2) is 5.11 Å². The van der Waals surface area contributed by atoms with Gasteiger partial charge in [-0.1, -0.05) is 18.5 Å². The second-order valence-electron chi connectivity index (χ2n) is 4.99. The Bertz CT molecular complexity index is 825. The van der Waals surface area contributed by atoms with Crippen LogP contribution in [-0.4, -0.2) is 22.3 Å². The van der Waals surface area contributed by atoms with Gasteiger partial charge in [-0.25, -0.2) is 0 Å². The Morgan fingerprint density at radius 1 is 1.36 bits per heavy atom. The summed E-state index contributed by atoms with van der Waals surface area (Å²) in [7, 11) is 0. The molecule has 0 aliphatic heterocycles. The van der Waals surface area contributed by atoms with Gasteiger partial charge in [-0.15, -0.1) is 0 Å². The molecular formula is C17H15BrClN3O2S. The number of nitrogens with zero attached hydrogens (tertiary/aromatic N) is 1. The number of phenolic OH excluding ortho intramolecular Hbond substituents is 1. The highest BCUT2D eigenvalue weighted by atomic mass is 79.9. The summed E-state index contributed by atoms with van der Waals surface area (Å²) in [5.74, 6) is -0.0744. The maximum Gasteiger partial charge on any atom is 0.225 e. The first-order valence-electron chi connectivity index (χ1n) is 7.32. The van der Waals surface area contributed by atoms with Gasteiger partial charge in [-0.05, 0) is 64.5 Å². The SMILES string of the molecule is CCC(=O)NC(=S)Nc1ccc(N=Cc2cc(Cl)cc(Br)c2O)cc1. The average Bonchev–Trinajstić information content (AvgIpc) is 2.57. The van der Waals surface area contributed by atoms with Crippen LogP contribution >= 0.6 is 39.7 Å². The van der Waals surface area contributed by atoms with Crippen molar-refractivity contribution < 1.29 is 9.90 Å². The standard InChI is InChI=1S/C17H15BrClN3O2S/c1-2-15(23)22-17(25)21-13-5-3-12(4-6-13)20-9-10-7-11(19)8-14(18)16(10)24/h3-9,24H,2H2,1H3,(H2,21,22,23,25). The highest BCUT2D eigenvalue weighted by molar-refractivity contribution is 9.10. The van der Waals surface area contributed by atoms with Crippen molar-refractivity contribution in [2.75, 3.05) is 5.32 Å². The van der Waals surface area contributed by atoms with Gasteiger partial charge in [0, 0.05) is 28.9 Å². The normalized spacial score (nSPS) is 10.7. The summed E-state index contributed by atoms with van der Waals surface area (Å²) >= 11 is 14.2. The first kappa shape index (κ1) is 19.4. The zero-order chi connectivity index (χ0) is 18.4. The highest BCUT2D eigenvalue weighted by Crippen LogP contribution is 2.30. The molecule has 2 aromatic carbocycles. The van der Waals surface area contributed by atoms with Gasteiger partial charge in [-0.3, -0.25) is 9.79 Å². The lowest BCUT2D eigenvalue weighted by Crippen LogP contribution is -2.33. The van der Waals surface area contributed by atoms with Gasteiger partial charge in [0.05, 0.1) is 10.2 Å². The molecule has 0 saturated heterocycles. The Hall–Kier alpha value is -1.96. The maximum absolute atomic E-state index is 11.3.